The molecule has 0 aliphatic rings. The van der Waals surface area contributed by atoms with Gasteiger partial charge in [0, 0.05) is 24.2 Å². The highest BCUT2D eigenvalue weighted by atomic mass is 35.5. The van der Waals surface area contributed by atoms with E-state index in [2.05, 4.69) is 15.1 Å². The summed E-state index contributed by atoms with van der Waals surface area (Å²) in [7, 11) is 1.57. The van der Waals surface area contributed by atoms with Gasteiger partial charge in [0.15, 0.2) is 5.69 Å². The molecule has 0 spiro atoms. The summed E-state index contributed by atoms with van der Waals surface area (Å²) in [5, 5.41) is 4.46. The highest BCUT2D eigenvalue weighted by Gasteiger charge is 2.21. The standard InChI is InChI=1S/C21H15ClFN5O3/c1-30-9-8-27-16-10-13(22)4-7-15(16)28-11-24-17(18(28)21(27)29)20-25-19(26-31-20)12-2-5-14(23)6-3-12/h2-7,10-11H,8-9H2,1H3. The molecule has 0 aliphatic heterocycles. The molecule has 0 radical (unpaired) electrons. The number of rotatable bonds is 5. The summed E-state index contributed by atoms with van der Waals surface area (Å²) in [6.07, 6.45) is 1.53. The van der Waals surface area contributed by atoms with E-state index in [1.807, 2.05) is 6.07 Å². The van der Waals surface area contributed by atoms with Crippen molar-refractivity contribution in [2.24, 2.45) is 0 Å². The number of hydrogen-bond donors (Lipinski definition) is 0. The summed E-state index contributed by atoms with van der Waals surface area (Å²) in [5.74, 6) is -0.00915. The average molecular weight is 440 g/mol. The van der Waals surface area contributed by atoms with E-state index in [1.54, 1.807) is 40.3 Å². The Balaban J connectivity index is 1.72. The maximum Gasteiger partial charge on any atom is 0.279 e. The summed E-state index contributed by atoms with van der Waals surface area (Å²) >= 11 is 6.17. The van der Waals surface area contributed by atoms with E-state index in [1.165, 1.54) is 18.5 Å². The number of imidazole rings is 1. The molecule has 5 rings (SSSR count). The van der Waals surface area contributed by atoms with Gasteiger partial charge in [-0.1, -0.05) is 16.8 Å². The second-order valence-corrected chi connectivity index (χ2v) is 7.26. The van der Waals surface area contributed by atoms with E-state index < -0.39 is 0 Å². The number of benzene rings is 2. The molecular formula is C21H15ClFN5O3. The van der Waals surface area contributed by atoms with Crippen LogP contribution in [-0.4, -0.2) is 37.8 Å². The zero-order chi connectivity index (χ0) is 21.5. The Morgan fingerprint density at radius 3 is 2.74 bits per heavy atom. The van der Waals surface area contributed by atoms with Crippen LogP contribution in [0, 0.1) is 5.82 Å². The molecule has 10 heteroatoms. The lowest BCUT2D eigenvalue weighted by Gasteiger charge is -2.12. The van der Waals surface area contributed by atoms with Gasteiger partial charge in [-0.2, -0.15) is 4.98 Å². The molecule has 0 atom stereocenters. The first-order valence-corrected chi connectivity index (χ1v) is 9.72. The Bertz CT molecular complexity index is 1470. The summed E-state index contributed by atoms with van der Waals surface area (Å²) in [4.78, 5) is 22.1. The third-order valence-electron chi connectivity index (χ3n) is 4.95. The molecule has 3 aromatic heterocycles. The predicted octanol–water partition coefficient (Wildman–Crippen LogP) is 3.81. The second kappa shape index (κ2) is 7.60. The van der Waals surface area contributed by atoms with Gasteiger partial charge >= 0.3 is 0 Å². The van der Waals surface area contributed by atoms with Gasteiger partial charge in [-0.3, -0.25) is 9.20 Å². The molecule has 0 aliphatic carbocycles. The van der Waals surface area contributed by atoms with Gasteiger partial charge in [0.05, 0.1) is 17.6 Å². The van der Waals surface area contributed by atoms with Crippen molar-refractivity contribution in [1.82, 2.24) is 24.1 Å². The van der Waals surface area contributed by atoms with Crippen LogP contribution >= 0.6 is 11.6 Å². The quantitative estimate of drug-likeness (QED) is 0.414. The molecule has 0 bridgehead atoms. The smallest absolute Gasteiger partial charge is 0.279 e. The molecule has 3 heterocycles. The van der Waals surface area contributed by atoms with E-state index >= 15 is 0 Å². The SMILES string of the molecule is COCCn1c(=O)c2c(-c3nc(-c4ccc(F)cc4)no3)ncn2c2ccc(Cl)cc21. The van der Waals surface area contributed by atoms with E-state index in [0.717, 1.165) is 5.52 Å². The van der Waals surface area contributed by atoms with Gasteiger partial charge < -0.3 is 13.8 Å². The van der Waals surface area contributed by atoms with Gasteiger partial charge in [-0.15, -0.1) is 0 Å². The van der Waals surface area contributed by atoms with Gasteiger partial charge in [0.25, 0.3) is 11.4 Å². The van der Waals surface area contributed by atoms with Crippen LogP contribution in [0.5, 0.6) is 0 Å². The van der Waals surface area contributed by atoms with Crippen molar-refractivity contribution in [3.05, 3.63) is 70.0 Å². The van der Waals surface area contributed by atoms with Crippen molar-refractivity contribution >= 4 is 28.2 Å². The minimum Gasteiger partial charge on any atom is -0.383 e. The molecule has 8 nitrogen and oxygen atoms in total. The van der Waals surface area contributed by atoms with Crippen molar-refractivity contribution in [3.63, 3.8) is 0 Å². The maximum absolute atomic E-state index is 13.4. The normalized spacial score (nSPS) is 11.6. The highest BCUT2D eigenvalue weighted by molar-refractivity contribution is 6.31. The monoisotopic (exact) mass is 439 g/mol. The molecule has 156 valence electrons. The summed E-state index contributed by atoms with van der Waals surface area (Å²) in [6.45, 7) is 0.675. The lowest BCUT2D eigenvalue weighted by Crippen LogP contribution is -2.25. The van der Waals surface area contributed by atoms with E-state index in [4.69, 9.17) is 20.9 Å². The van der Waals surface area contributed by atoms with Crippen LogP contribution in [0.25, 0.3) is 39.5 Å². The first-order chi connectivity index (χ1) is 15.1. The first kappa shape index (κ1) is 19.4. The average Bonchev–Trinajstić information content (AvgIpc) is 3.42. The molecule has 0 amide bonds. The van der Waals surface area contributed by atoms with E-state index in [-0.39, 0.29) is 28.8 Å². The van der Waals surface area contributed by atoms with Crippen molar-refractivity contribution in [1.29, 1.82) is 0 Å². The second-order valence-electron chi connectivity index (χ2n) is 6.82. The Morgan fingerprint density at radius 2 is 1.97 bits per heavy atom. The fraction of sp³-hybridized carbons (Fsp3) is 0.143. The number of aromatic nitrogens is 5. The first-order valence-electron chi connectivity index (χ1n) is 9.35. The predicted molar refractivity (Wildman–Crippen MR) is 113 cm³/mol. The van der Waals surface area contributed by atoms with Crippen molar-refractivity contribution < 1.29 is 13.7 Å². The van der Waals surface area contributed by atoms with Crippen LogP contribution in [0.2, 0.25) is 5.02 Å². The van der Waals surface area contributed by atoms with Gasteiger partial charge in [-0.05, 0) is 42.5 Å². The number of fused-ring (bicyclic) bond motifs is 3. The fourth-order valence-corrected chi connectivity index (χ4v) is 3.65. The van der Waals surface area contributed by atoms with Gasteiger partial charge in [0.2, 0.25) is 5.82 Å². The lowest BCUT2D eigenvalue weighted by atomic mass is 10.2. The maximum atomic E-state index is 13.4. The van der Waals surface area contributed by atoms with Crippen molar-refractivity contribution in [3.8, 4) is 23.0 Å². The molecule has 0 fully saturated rings. The highest BCUT2D eigenvalue weighted by Crippen LogP contribution is 2.26. The van der Waals surface area contributed by atoms with Crippen molar-refractivity contribution in [2.45, 2.75) is 6.54 Å². The molecule has 31 heavy (non-hydrogen) atoms. The Kier molecular flexibility index (Phi) is 4.76. The zero-order valence-electron chi connectivity index (χ0n) is 16.2. The fourth-order valence-electron chi connectivity index (χ4n) is 3.49. The number of halogens is 2. The number of hydrogen-bond acceptors (Lipinski definition) is 6. The minimum absolute atomic E-state index is 0.0885. The summed E-state index contributed by atoms with van der Waals surface area (Å²) < 4.78 is 27.0. The summed E-state index contributed by atoms with van der Waals surface area (Å²) in [6, 6.07) is 11.0. The van der Waals surface area contributed by atoms with E-state index in [0.29, 0.717) is 34.8 Å². The van der Waals surface area contributed by atoms with Crippen molar-refractivity contribution in [2.75, 3.05) is 13.7 Å². The molecule has 0 saturated heterocycles. The minimum atomic E-state index is -0.365. The lowest BCUT2D eigenvalue weighted by molar-refractivity contribution is 0.187. The van der Waals surface area contributed by atoms with E-state index in [9.17, 15) is 9.18 Å². The summed E-state index contributed by atoms with van der Waals surface area (Å²) in [5.41, 5.74) is 2.24. The van der Waals surface area contributed by atoms with Crippen LogP contribution in [0.1, 0.15) is 0 Å². The Labute approximate surface area is 179 Å². The topological polar surface area (TPSA) is 87.5 Å². The third kappa shape index (κ3) is 3.28. The Hall–Kier alpha value is -3.56. The number of ether oxygens (including phenoxy) is 1. The van der Waals surface area contributed by atoms with Crippen LogP contribution in [0.3, 0.4) is 0 Å². The molecule has 0 N–H and O–H groups in total. The van der Waals surface area contributed by atoms with Crippen LogP contribution in [0.4, 0.5) is 4.39 Å². The molecular weight excluding hydrogens is 425 g/mol. The molecule has 0 unspecified atom stereocenters. The number of nitrogens with zero attached hydrogens (tertiary/aromatic N) is 5. The molecule has 0 saturated carbocycles. The molecule has 5 aromatic rings. The largest absolute Gasteiger partial charge is 0.383 e. The molecule has 2 aromatic carbocycles. The number of methoxy groups -OCH3 is 1. The van der Waals surface area contributed by atoms with Crippen LogP contribution < -0.4 is 5.56 Å². The van der Waals surface area contributed by atoms with Gasteiger partial charge in [-0.25, -0.2) is 9.37 Å². The van der Waals surface area contributed by atoms with Gasteiger partial charge in [0.1, 0.15) is 17.7 Å². The van der Waals surface area contributed by atoms with Crippen LogP contribution in [0.15, 0.2) is 58.1 Å². The zero-order valence-corrected chi connectivity index (χ0v) is 17.0. The van der Waals surface area contributed by atoms with Crippen LogP contribution in [-0.2, 0) is 11.3 Å². The third-order valence-corrected chi connectivity index (χ3v) is 5.19. The Morgan fingerprint density at radius 1 is 1.16 bits per heavy atom.